The van der Waals surface area contributed by atoms with Crippen LogP contribution in [0.1, 0.15) is 17.2 Å². The number of rotatable bonds is 3. The monoisotopic (exact) mass is 307 g/mol. The van der Waals surface area contributed by atoms with Crippen molar-refractivity contribution >= 4 is 11.6 Å². The Kier molecular flexibility index (Phi) is 4.06. The van der Waals surface area contributed by atoms with Gasteiger partial charge in [0.2, 0.25) is 0 Å². The molecule has 1 N–H and O–H groups in total. The maximum Gasteiger partial charge on any atom is 0.418 e. The summed E-state index contributed by atoms with van der Waals surface area (Å²) in [6, 6.07) is 5.29. The van der Waals surface area contributed by atoms with Gasteiger partial charge < -0.3 is 9.67 Å². The molecule has 1 heterocycles. The van der Waals surface area contributed by atoms with Crippen molar-refractivity contribution in [2.75, 3.05) is 0 Å². The van der Waals surface area contributed by atoms with E-state index >= 15 is 0 Å². The zero-order valence-corrected chi connectivity index (χ0v) is 10.8. The molecule has 0 amide bonds. The fourth-order valence-electron chi connectivity index (χ4n) is 1.77. The third-order valence-corrected chi connectivity index (χ3v) is 3.16. The van der Waals surface area contributed by atoms with Crippen molar-refractivity contribution in [2.45, 2.75) is 18.8 Å². The molecule has 1 atom stereocenters. The molecule has 0 bridgehead atoms. The lowest BCUT2D eigenvalue weighted by Gasteiger charge is -2.12. The lowest BCUT2D eigenvalue weighted by atomic mass is 10.2. The van der Waals surface area contributed by atoms with E-state index in [2.05, 4.69) is 0 Å². The zero-order chi connectivity index (χ0) is 14.9. The smallest absolute Gasteiger partial charge is 0.379 e. The Hall–Kier alpha value is -1.53. The quantitative estimate of drug-likeness (QED) is 0.854. The van der Waals surface area contributed by atoms with Crippen molar-refractivity contribution in [1.29, 1.82) is 0 Å². The van der Waals surface area contributed by atoms with Gasteiger partial charge in [-0.2, -0.15) is 13.2 Å². The summed E-state index contributed by atoms with van der Waals surface area (Å²) in [6.07, 6.45) is -4.85. The van der Waals surface area contributed by atoms with Crippen LogP contribution >= 0.6 is 11.6 Å². The highest BCUT2D eigenvalue weighted by molar-refractivity contribution is 6.31. The van der Waals surface area contributed by atoms with Crippen molar-refractivity contribution < 1.29 is 22.7 Å². The summed E-state index contributed by atoms with van der Waals surface area (Å²) in [5, 5.41) is 9.30. The van der Waals surface area contributed by atoms with Crippen molar-refractivity contribution in [3.05, 3.63) is 58.6 Å². The lowest BCUT2D eigenvalue weighted by Crippen LogP contribution is -2.19. The SMILES string of the molecule is OC(c1ccn(Cc2c(F)cccc2Cl)c1)C(F)(F)F. The Morgan fingerprint density at radius 2 is 1.95 bits per heavy atom. The Balaban J connectivity index is 2.22. The number of halogens is 5. The van der Waals surface area contributed by atoms with Gasteiger partial charge in [-0.05, 0) is 18.2 Å². The second-order valence-corrected chi connectivity index (χ2v) is 4.67. The average Bonchev–Trinajstić information content (AvgIpc) is 2.80. The van der Waals surface area contributed by atoms with Gasteiger partial charge in [0.25, 0.3) is 0 Å². The molecule has 0 saturated carbocycles. The average molecular weight is 308 g/mol. The highest BCUT2D eigenvalue weighted by Gasteiger charge is 2.39. The number of benzene rings is 1. The van der Waals surface area contributed by atoms with Crippen LogP contribution in [0.4, 0.5) is 17.6 Å². The number of alkyl halides is 3. The molecular formula is C13H10ClF4NO. The molecule has 2 rings (SSSR count). The first-order valence-corrected chi connectivity index (χ1v) is 6.00. The standard InChI is InChI=1S/C13H10ClF4NO/c14-10-2-1-3-11(15)9(10)7-19-5-4-8(6-19)12(20)13(16,17)18/h1-6,12,20H,7H2. The van der Waals surface area contributed by atoms with Crippen molar-refractivity contribution in [3.63, 3.8) is 0 Å². The molecule has 0 radical (unpaired) electrons. The topological polar surface area (TPSA) is 25.2 Å². The fourth-order valence-corrected chi connectivity index (χ4v) is 2.00. The maximum absolute atomic E-state index is 13.6. The Morgan fingerprint density at radius 1 is 1.25 bits per heavy atom. The van der Waals surface area contributed by atoms with Crippen LogP contribution in [0, 0.1) is 5.82 Å². The van der Waals surface area contributed by atoms with Crippen LogP contribution < -0.4 is 0 Å². The van der Waals surface area contributed by atoms with Crippen LogP contribution in [0.15, 0.2) is 36.7 Å². The molecule has 1 aromatic carbocycles. The van der Waals surface area contributed by atoms with E-state index in [9.17, 15) is 17.6 Å². The molecule has 0 saturated heterocycles. The predicted molar refractivity (Wildman–Crippen MR) is 66.0 cm³/mol. The van der Waals surface area contributed by atoms with Crippen LogP contribution in [0.3, 0.4) is 0 Å². The first-order valence-electron chi connectivity index (χ1n) is 5.62. The molecular weight excluding hydrogens is 298 g/mol. The van der Waals surface area contributed by atoms with E-state index in [0.29, 0.717) is 0 Å². The molecule has 1 unspecified atom stereocenters. The van der Waals surface area contributed by atoms with Crippen molar-refractivity contribution in [1.82, 2.24) is 4.57 Å². The minimum Gasteiger partial charge on any atom is -0.379 e. The van der Waals surface area contributed by atoms with Gasteiger partial charge in [0, 0.05) is 28.5 Å². The molecule has 20 heavy (non-hydrogen) atoms. The first kappa shape index (κ1) is 14.9. The van der Waals surface area contributed by atoms with Crippen molar-refractivity contribution in [2.24, 2.45) is 0 Å². The summed E-state index contributed by atoms with van der Waals surface area (Å²) in [7, 11) is 0. The normalized spacial score (nSPS) is 13.5. The number of nitrogens with zero attached hydrogens (tertiary/aromatic N) is 1. The lowest BCUT2D eigenvalue weighted by molar-refractivity contribution is -0.206. The van der Waals surface area contributed by atoms with E-state index in [1.807, 2.05) is 0 Å². The van der Waals surface area contributed by atoms with Gasteiger partial charge in [0.05, 0.1) is 6.54 Å². The zero-order valence-electron chi connectivity index (χ0n) is 10.0. The minimum atomic E-state index is -4.73. The molecule has 108 valence electrons. The number of hydrogen-bond acceptors (Lipinski definition) is 1. The first-order chi connectivity index (χ1) is 9.29. The number of aliphatic hydroxyl groups excluding tert-OH is 1. The minimum absolute atomic E-state index is 0.0178. The molecule has 0 aliphatic heterocycles. The third-order valence-electron chi connectivity index (χ3n) is 2.80. The summed E-state index contributed by atoms with van der Waals surface area (Å²) in [6.45, 7) is -0.0178. The molecule has 0 aliphatic carbocycles. The van der Waals surface area contributed by atoms with E-state index in [4.69, 9.17) is 16.7 Å². The fraction of sp³-hybridized carbons (Fsp3) is 0.231. The summed E-state index contributed by atoms with van der Waals surface area (Å²) < 4.78 is 52.0. The van der Waals surface area contributed by atoms with Gasteiger partial charge in [-0.15, -0.1) is 0 Å². The molecule has 2 nitrogen and oxygen atoms in total. The van der Waals surface area contributed by atoms with Gasteiger partial charge in [-0.3, -0.25) is 0 Å². The highest BCUT2D eigenvalue weighted by atomic mass is 35.5. The van der Waals surface area contributed by atoms with E-state index in [1.54, 1.807) is 0 Å². The van der Waals surface area contributed by atoms with Crippen LogP contribution in [-0.4, -0.2) is 15.8 Å². The van der Waals surface area contributed by atoms with Gasteiger partial charge in [0.15, 0.2) is 6.10 Å². The summed E-state index contributed by atoms with van der Waals surface area (Å²) in [5.74, 6) is -0.538. The molecule has 0 aliphatic rings. The van der Waals surface area contributed by atoms with Crippen molar-refractivity contribution in [3.8, 4) is 0 Å². The Morgan fingerprint density at radius 3 is 2.55 bits per heavy atom. The van der Waals surface area contributed by atoms with Crippen LogP contribution in [0.2, 0.25) is 5.02 Å². The van der Waals surface area contributed by atoms with E-state index in [0.717, 1.165) is 12.3 Å². The molecule has 0 fully saturated rings. The molecule has 1 aromatic heterocycles. The number of hydrogen-bond donors (Lipinski definition) is 1. The van der Waals surface area contributed by atoms with Gasteiger partial charge in [0.1, 0.15) is 5.82 Å². The molecule has 7 heteroatoms. The number of aromatic nitrogens is 1. The largest absolute Gasteiger partial charge is 0.418 e. The second kappa shape index (κ2) is 5.46. The molecule has 0 spiro atoms. The maximum atomic E-state index is 13.6. The highest BCUT2D eigenvalue weighted by Crippen LogP contribution is 2.32. The third kappa shape index (κ3) is 3.13. The van der Waals surface area contributed by atoms with Crippen LogP contribution in [-0.2, 0) is 6.54 Å². The van der Waals surface area contributed by atoms with E-state index in [1.165, 1.54) is 29.0 Å². The van der Waals surface area contributed by atoms with Gasteiger partial charge >= 0.3 is 6.18 Å². The number of aliphatic hydroxyl groups is 1. The molecule has 2 aromatic rings. The van der Waals surface area contributed by atoms with E-state index in [-0.39, 0.29) is 22.7 Å². The summed E-state index contributed by atoms with van der Waals surface area (Å²) in [5.41, 5.74) is -0.122. The summed E-state index contributed by atoms with van der Waals surface area (Å²) >= 11 is 5.84. The summed E-state index contributed by atoms with van der Waals surface area (Å²) in [4.78, 5) is 0. The second-order valence-electron chi connectivity index (χ2n) is 4.26. The Bertz CT molecular complexity index is 588. The van der Waals surface area contributed by atoms with Crippen LogP contribution in [0.25, 0.3) is 0 Å². The van der Waals surface area contributed by atoms with Crippen LogP contribution in [0.5, 0.6) is 0 Å². The van der Waals surface area contributed by atoms with E-state index < -0.39 is 18.1 Å². The predicted octanol–water partition coefficient (Wildman–Crippen LogP) is 3.92. The van der Waals surface area contributed by atoms with Gasteiger partial charge in [-0.25, -0.2) is 4.39 Å². The van der Waals surface area contributed by atoms with Gasteiger partial charge in [-0.1, -0.05) is 17.7 Å². The Labute approximate surface area is 117 Å².